The summed E-state index contributed by atoms with van der Waals surface area (Å²) in [5.41, 5.74) is 1.80. The maximum absolute atomic E-state index is 12.3. The van der Waals surface area contributed by atoms with Crippen LogP contribution in [0.2, 0.25) is 0 Å². The van der Waals surface area contributed by atoms with Gasteiger partial charge in [-0.3, -0.25) is 4.79 Å². The topological polar surface area (TPSA) is 81.7 Å². The van der Waals surface area contributed by atoms with Gasteiger partial charge in [-0.25, -0.2) is 9.59 Å². The van der Waals surface area contributed by atoms with Crippen molar-refractivity contribution in [2.75, 3.05) is 25.3 Å². The molecule has 2 aromatic carbocycles. The highest BCUT2D eigenvalue weighted by atomic mass is 32.2. The summed E-state index contributed by atoms with van der Waals surface area (Å²) in [4.78, 5) is 37.0. The monoisotopic (exact) mass is 387 g/mol. The van der Waals surface area contributed by atoms with E-state index in [-0.39, 0.29) is 29.1 Å². The molecule has 0 unspecified atom stereocenters. The maximum Gasteiger partial charge on any atom is 0.339 e. The van der Waals surface area contributed by atoms with Crippen LogP contribution in [0, 0.1) is 6.92 Å². The van der Waals surface area contributed by atoms with Gasteiger partial charge in [-0.05, 0) is 37.3 Å². The second-order valence-electron chi connectivity index (χ2n) is 5.70. The molecular formula is C20H21NO5S. The first-order valence-electron chi connectivity index (χ1n) is 8.24. The fourth-order valence-electron chi connectivity index (χ4n) is 2.29. The molecule has 0 radical (unpaired) electrons. The number of hydrogen-bond acceptors (Lipinski definition) is 6. The van der Waals surface area contributed by atoms with Crippen molar-refractivity contribution in [3.8, 4) is 0 Å². The van der Waals surface area contributed by atoms with E-state index in [1.165, 1.54) is 38.0 Å². The Balaban J connectivity index is 2.04. The third kappa shape index (κ3) is 5.86. The SMILES string of the molecule is COC(=O)c1ccc(C(=O)OC)c(NC(=O)CCSc2ccc(C)cc2)c1. The van der Waals surface area contributed by atoms with E-state index in [9.17, 15) is 14.4 Å². The minimum Gasteiger partial charge on any atom is -0.465 e. The van der Waals surface area contributed by atoms with E-state index in [2.05, 4.69) is 10.1 Å². The summed E-state index contributed by atoms with van der Waals surface area (Å²) < 4.78 is 9.40. The van der Waals surface area contributed by atoms with Crippen LogP contribution >= 0.6 is 11.8 Å². The Bertz CT molecular complexity index is 833. The van der Waals surface area contributed by atoms with Crippen LogP contribution in [0.1, 0.15) is 32.7 Å². The van der Waals surface area contributed by atoms with Crippen LogP contribution in [0.5, 0.6) is 0 Å². The number of ether oxygens (including phenoxy) is 2. The lowest BCUT2D eigenvalue weighted by molar-refractivity contribution is -0.115. The zero-order valence-electron chi connectivity index (χ0n) is 15.4. The van der Waals surface area contributed by atoms with Crippen molar-refractivity contribution < 1.29 is 23.9 Å². The van der Waals surface area contributed by atoms with Crippen molar-refractivity contribution in [1.82, 2.24) is 0 Å². The quantitative estimate of drug-likeness (QED) is 0.576. The van der Waals surface area contributed by atoms with Crippen molar-refractivity contribution in [2.24, 2.45) is 0 Å². The smallest absolute Gasteiger partial charge is 0.339 e. The summed E-state index contributed by atoms with van der Waals surface area (Å²) >= 11 is 1.57. The fraction of sp³-hybridized carbons (Fsp3) is 0.250. The number of esters is 2. The van der Waals surface area contributed by atoms with Gasteiger partial charge in [0, 0.05) is 17.1 Å². The van der Waals surface area contributed by atoms with Crippen molar-refractivity contribution in [2.45, 2.75) is 18.2 Å². The number of benzene rings is 2. The number of hydrogen-bond donors (Lipinski definition) is 1. The number of amides is 1. The Labute approximate surface area is 162 Å². The van der Waals surface area contributed by atoms with Gasteiger partial charge in [0.15, 0.2) is 0 Å². The van der Waals surface area contributed by atoms with Crippen LogP contribution in [0.3, 0.4) is 0 Å². The lowest BCUT2D eigenvalue weighted by Gasteiger charge is -2.11. The molecule has 0 bridgehead atoms. The van der Waals surface area contributed by atoms with Crippen molar-refractivity contribution in [3.63, 3.8) is 0 Å². The third-order valence-corrected chi connectivity index (χ3v) is 4.75. The van der Waals surface area contributed by atoms with Crippen LogP contribution in [-0.2, 0) is 14.3 Å². The Morgan fingerprint density at radius 1 is 0.963 bits per heavy atom. The lowest BCUT2D eigenvalue weighted by Crippen LogP contribution is -2.16. The Morgan fingerprint density at radius 2 is 1.63 bits per heavy atom. The zero-order valence-corrected chi connectivity index (χ0v) is 16.2. The second-order valence-corrected chi connectivity index (χ2v) is 6.87. The summed E-state index contributed by atoms with van der Waals surface area (Å²) in [5, 5.41) is 2.68. The predicted molar refractivity (Wildman–Crippen MR) is 104 cm³/mol. The van der Waals surface area contributed by atoms with Crippen LogP contribution in [0.4, 0.5) is 5.69 Å². The summed E-state index contributed by atoms with van der Waals surface area (Å²) in [7, 11) is 2.51. The van der Waals surface area contributed by atoms with Gasteiger partial charge in [0.2, 0.25) is 5.91 Å². The van der Waals surface area contributed by atoms with Gasteiger partial charge in [0.25, 0.3) is 0 Å². The molecule has 0 aliphatic carbocycles. The molecule has 0 heterocycles. The van der Waals surface area contributed by atoms with Crippen LogP contribution < -0.4 is 5.32 Å². The summed E-state index contributed by atoms with van der Waals surface area (Å²) in [6.07, 6.45) is 0.252. The highest BCUT2D eigenvalue weighted by Gasteiger charge is 2.17. The molecule has 0 saturated carbocycles. The number of aryl methyl sites for hydroxylation is 1. The first-order valence-corrected chi connectivity index (χ1v) is 9.23. The molecule has 0 atom stereocenters. The number of carbonyl (C=O) groups is 3. The largest absolute Gasteiger partial charge is 0.465 e. The number of carbonyl (C=O) groups excluding carboxylic acids is 3. The molecule has 0 aliphatic heterocycles. The van der Waals surface area contributed by atoms with Crippen LogP contribution in [0.25, 0.3) is 0 Å². The van der Waals surface area contributed by atoms with Crippen molar-refractivity contribution in [1.29, 1.82) is 0 Å². The fourth-order valence-corrected chi connectivity index (χ4v) is 3.14. The van der Waals surface area contributed by atoms with Crippen LogP contribution in [-0.4, -0.2) is 37.8 Å². The molecule has 0 saturated heterocycles. The van der Waals surface area contributed by atoms with E-state index in [0.29, 0.717) is 5.75 Å². The first-order chi connectivity index (χ1) is 12.9. The number of nitrogens with one attached hydrogen (secondary N) is 1. The van der Waals surface area contributed by atoms with Gasteiger partial charge in [-0.2, -0.15) is 0 Å². The Hall–Kier alpha value is -2.80. The lowest BCUT2D eigenvalue weighted by atomic mass is 10.1. The summed E-state index contributed by atoms with van der Waals surface area (Å²) in [6.45, 7) is 2.02. The molecule has 0 fully saturated rings. The van der Waals surface area contributed by atoms with Gasteiger partial charge in [0.05, 0.1) is 31.0 Å². The molecule has 142 valence electrons. The molecule has 2 rings (SSSR count). The van der Waals surface area contributed by atoms with Gasteiger partial charge in [0.1, 0.15) is 0 Å². The summed E-state index contributed by atoms with van der Waals surface area (Å²) in [5.74, 6) is -0.839. The highest BCUT2D eigenvalue weighted by molar-refractivity contribution is 7.99. The molecule has 6 nitrogen and oxygen atoms in total. The van der Waals surface area contributed by atoms with Gasteiger partial charge in [-0.1, -0.05) is 17.7 Å². The Morgan fingerprint density at radius 3 is 2.26 bits per heavy atom. The molecule has 0 aromatic heterocycles. The minimum atomic E-state index is -0.601. The average Bonchev–Trinajstić information content (AvgIpc) is 2.68. The van der Waals surface area contributed by atoms with E-state index in [4.69, 9.17) is 4.74 Å². The molecule has 0 aliphatic rings. The predicted octanol–water partition coefficient (Wildman–Crippen LogP) is 3.69. The van der Waals surface area contributed by atoms with E-state index < -0.39 is 11.9 Å². The van der Waals surface area contributed by atoms with Gasteiger partial charge < -0.3 is 14.8 Å². The highest BCUT2D eigenvalue weighted by Crippen LogP contribution is 2.22. The second kappa shape index (κ2) is 9.78. The number of anilines is 1. The molecular weight excluding hydrogens is 366 g/mol. The molecule has 1 N–H and O–H groups in total. The minimum absolute atomic E-state index is 0.171. The van der Waals surface area contributed by atoms with Crippen molar-refractivity contribution in [3.05, 3.63) is 59.2 Å². The molecule has 27 heavy (non-hydrogen) atoms. The Kier molecular flexibility index (Phi) is 7.43. The van der Waals surface area contributed by atoms with Gasteiger partial charge in [-0.15, -0.1) is 11.8 Å². The average molecular weight is 387 g/mol. The molecule has 0 spiro atoms. The normalized spacial score (nSPS) is 10.2. The number of rotatable bonds is 7. The van der Waals surface area contributed by atoms with Crippen LogP contribution in [0.15, 0.2) is 47.4 Å². The standard InChI is InChI=1S/C20H21NO5S/c1-13-4-7-15(8-5-13)27-11-10-18(22)21-17-12-14(19(23)25-2)6-9-16(17)20(24)26-3/h4-9,12H,10-11H2,1-3H3,(H,21,22). The first kappa shape index (κ1) is 20.5. The van der Waals surface area contributed by atoms with E-state index in [0.717, 1.165) is 4.90 Å². The maximum atomic E-state index is 12.3. The summed E-state index contributed by atoms with van der Waals surface area (Å²) in [6, 6.07) is 12.3. The number of thioether (sulfide) groups is 1. The van der Waals surface area contributed by atoms with Crippen molar-refractivity contribution >= 4 is 35.3 Å². The van der Waals surface area contributed by atoms with E-state index in [1.807, 2.05) is 31.2 Å². The third-order valence-electron chi connectivity index (χ3n) is 3.74. The number of methoxy groups -OCH3 is 2. The zero-order chi connectivity index (χ0) is 19.8. The van der Waals surface area contributed by atoms with E-state index in [1.54, 1.807) is 11.8 Å². The van der Waals surface area contributed by atoms with E-state index >= 15 is 0 Å². The molecule has 1 amide bonds. The molecule has 7 heteroatoms. The molecule has 2 aromatic rings. The van der Waals surface area contributed by atoms with Gasteiger partial charge >= 0.3 is 11.9 Å².